The van der Waals surface area contributed by atoms with Crippen LogP contribution in [0, 0.1) is 11.8 Å². The molecule has 0 unspecified atom stereocenters. The maximum Gasteiger partial charge on any atom is 0.407 e. The molecule has 0 bridgehead atoms. The van der Waals surface area contributed by atoms with Gasteiger partial charge in [0, 0.05) is 12.5 Å². The number of carboxylic acid groups (broad SMARTS) is 1. The Bertz CT molecular complexity index is 944. The van der Waals surface area contributed by atoms with Gasteiger partial charge in [0.15, 0.2) is 0 Å². The highest BCUT2D eigenvalue weighted by atomic mass is 16.5. The van der Waals surface area contributed by atoms with Crippen molar-refractivity contribution < 1.29 is 24.2 Å². The van der Waals surface area contributed by atoms with Crippen molar-refractivity contribution in [1.29, 1.82) is 0 Å². The lowest BCUT2D eigenvalue weighted by atomic mass is 9.96. The number of amides is 2. The smallest absolute Gasteiger partial charge is 0.407 e. The minimum Gasteiger partial charge on any atom is -0.481 e. The van der Waals surface area contributed by atoms with E-state index < -0.39 is 18.0 Å². The van der Waals surface area contributed by atoms with Gasteiger partial charge in [0.2, 0.25) is 5.91 Å². The van der Waals surface area contributed by atoms with E-state index in [1.54, 1.807) is 0 Å². The summed E-state index contributed by atoms with van der Waals surface area (Å²) in [5, 5.41) is 14.4. The summed E-state index contributed by atoms with van der Waals surface area (Å²) < 4.78 is 5.41. The molecule has 4 rings (SSSR count). The topological polar surface area (TPSA) is 105 Å². The van der Waals surface area contributed by atoms with Crippen LogP contribution in [0.4, 0.5) is 4.79 Å². The lowest BCUT2D eigenvalue weighted by Crippen LogP contribution is -2.40. The summed E-state index contributed by atoms with van der Waals surface area (Å²) in [6.07, 6.45) is 1.64. The highest BCUT2D eigenvalue weighted by molar-refractivity contribution is 5.82. The van der Waals surface area contributed by atoms with Gasteiger partial charge in [0.1, 0.15) is 6.61 Å². The molecule has 3 N–H and O–H groups in total. The number of hydrogen-bond donors (Lipinski definition) is 3. The number of carbonyl (C=O) groups is 3. The average molecular weight is 422 g/mol. The second-order valence-electron chi connectivity index (χ2n) is 8.12. The van der Waals surface area contributed by atoms with Crippen molar-refractivity contribution >= 4 is 18.0 Å². The lowest BCUT2D eigenvalue weighted by molar-refractivity contribution is -0.143. The molecule has 0 saturated heterocycles. The van der Waals surface area contributed by atoms with E-state index >= 15 is 0 Å². The minimum absolute atomic E-state index is 0.0395. The van der Waals surface area contributed by atoms with E-state index in [0.29, 0.717) is 13.0 Å². The Morgan fingerprint density at radius 2 is 1.58 bits per heavy atom. The number of hydrogen-bond acceptors (Lipinski definition) is 4. The number of benzene rings is 2. The van der Waals surface area contributed by atoms with Gasteiger partial charge in [-0.1, -0.05) is 55.0 Å². The summed E-state index contributed by atoms with van der Waals surface area (Å²) in [4.78, 5) is 35.4. The zero-order chi connectivity index (χ0) is 21.8. The van der Waals surface area contributed by atoms with E-state index in [-0.39, 0.29) is 30.9 Å². The first-order chi connectivity index (χ1) is 15.0. The van der Waals surface area contributed by atoms with Crippen LogP contribution in [0.25, 0.3) is 11.1 Å². The molecule has 7 heteroatoms. The van der Waals surface area contributed by atoms with Crippen LogP contribution in [0.2, 0.25) is 0 Å². The fourth-order valence-electron chi connectivity index (χ4n) is 4.72. The van der Waals surface area contributed by atoms with Crippen LogP contribution in [0.5, 0.6) is 0 Å². The van der Waals surface area contributed by atoms with E-state index in [9.17, 15) is 19.5 Å². The first-order valence-electron chi connectivity index (χ1n) is 10.6. The molecule has 0 spiro atoms. The van der Waals surface area contributed by atoms with Crippen molar-refractivity contribution in [3.05, 3.63) is 59.7 Å². The summed E-state index contributed by atoms with van der Waals surface area (Å²) in [6, 6.07) is 16.2. The molecule has 31 heavy (non-hydrogen) atoms. The molecule has 2 atom stereocenters. The van der Waals surface area contributed by atoms with E-state index in [1.165, 1.54) is 0 Å². The number of fused-ring (bicyclic) bond motifs is 3. The third kappa shape index (κ3) is 4.55. The SMILES string of the molecule is O=C(CNC(=O)OCC1c2ccccc2-c2ccccc21)NC[C@@H]1CCC[C@@H]1C(=O)O. The monoisotopic (exact) mass is 422 g/mol. The Labute approximate surface area is 180 Å². The van der Waals surface area contributed by atoms with Gasteiger partial charge in [-0.3, -0.25) is 9.59 Å². The second-order valence-corrected chi connectivity index (χ2v) is 8.12. The van der Waals surface area contributed by atoms with Crippen LogP contribution in [-0.2, 0) is 14.3 Å². The Kier molecular flexibility index (Phi) is 6.21. The molecule has 1 saturated carbocycles. The van der Waals surface area contributed by atoms with E-state index in [1.807, 2.05) is 36.4 Å². The first-order valence-corrected chi connectivity index (χ1v) is 10.6. The fourth-order valence-corrected chi connectivity index (χ4v) is 4.72. The summed E-state index contributed by atoms with van der Waals surface area (Å²) in [5.41, 5.74) is 4.55. The van der Waals surface area contributed by atoms with Crippen molar-refractivity contribution in [2.24, 2.45) is 11.8 Å². The molecule has 0 aromatic heterocycles. The molecule has 2 aromatic rings. The number of carboxylic acids is 1. The quantitative estimate of drug-likeness (QED) is 0.636. The summed E-state index contributed by atoms with van der Waals surface area (Å²) in [7, 11) is 0. The summed E-state index contributed by atoms with van der Waals surface area (Å²) in [5.74, 6) is -1.67. The number of carbonyl (C=O) groups excluding carboxylic acids is 2. The largest absolute Gasteiger partial charge is 0.481 e. The van der Waals surface area contributed by atoms with Gasteiger partial charge in [-0.05, 0) is 41.0 Å². The number of alkyl carbamates (subject to hydrolysis) is 1. The van der Waals surface area contributed by atoms with Gasteiger partial charge < -0.3 is 20.5 Å². The van der Waals surface area contributed by atoms with Gasteiger partial charge in [-0.25, -0.2) is 4.79 Å². The van der Waals surface area contributed by atoms with Crippen molar-refractivity contribution in [3.63, 3.8) is 0 Å². The molecule has 1 fully saturated rings. The Hall–Kier alpha value is -3.35. The van der Waals surface area contributed by atoms with Crippen molar-refractivity contribution in [2.45, 2.75) is 25.2 Å². The molecule has 2 aromatic carbocycles. The second kappa shape index (κ2) is 9.20. The highest BCUT2D eigenvalue weighted by Crippen LogP contribution is 2.44. The molecular weight excluding hydrogens is 396 g/mol. The van der Waals surface area contributed by atoms with Gasteiger partial charge in [0.05, 0.1) is 12.5 Å². The van der Waals surface area contributed by atoms with Crippen LogP contribution in [0.15, 0.2) is 48.5 Å². The predicted octanol–water partition coefficient (Wildman–Crippen LogP) is 3.14. The van der Waals surface area contributed by atoms with Gasteiger partial charge in [-0.15, -0.1) is 0 Å². The lowest BCUT2D eigenvalue weighted by Gasteiger charge is -2.17. The first kappa shape index (κ1) is 20.9. The van der Waals surface area contributed by atoms with Gasteiger partial charge >= 0.3 is 12.1 Å². The molecular formula is C24H26N2O5. The van der Waals surface area contributed by atoms with Crippen LogP contribution in [0.3, 0.4) is 0 Å². The van der Waals surface area contributed by atoms with Crippen molar-refractivity contribution in [3.8, 4) is 11.1 Å². The zero-order valence-corrected chi connectivity index (χ0v) is 17.2. The number of rotatable bonds is 7. The number of nitrogens with one attached hydrogen (secondary N) is 2. The van der Waals surface area contributed by atoms with E-state index in [4.69, 9.17) is 4.74 Å². The van der Waals surface area contributed by atoms with E-state index in [2.05, 4.69) is 22.8 Å². The minimum atomic E-state index is -0.812. The average Bonchev–Trinajstić information content (AvgIpc) is 3.38. The van der Waals surface area contributed by atoms with Crippen molar-refractivity contribution in [1.82, 2.24) is 10.6 Å². The van der Waals surface area contributed by atoms with Crippen LogP contribution >= 0.6 is 0 Å². The number of ether oxygens (including phenoxy) is 1. The maximum atomic E-state index is 12.1. The maximum absolute atomic E-state index is 12.1. The summed E-state index contributed by atoms with van der Waals surface area (Å²) in [6.45, 7) is 0.285. The van der Waals surface area contributed by atoms with Crippen molar-refractivity contribution in [2.75, 3.05) is 19.7 Å². The van der Waals surface area contributed by atoms with Gasteiger partial charge in [-0.2, -0.15) is 0 Å². The Morgan fingerprint density at radius 1 is 0.935 bits per heavy atom. The van der Waals surface area contributed by atoms with E-state index in [0.717, 1.165) is 35.1 Å². The predicted molar refractivity (Wildman–Crippen MR) is 115 cm³/mol. The molecule has 162 valence electrons. The number of aliphatic carboxylic acids is 1. The fraction of sp³-hybridized carbons (Fsp3) is 0.375. The third-order valence-corrected chi connectivity index (χ3v) is 6.27. The molecule has 2 amide bonds. The van der Waals surface area contributed by atoms with Crippen LogP contribution in [-0.4, -0.2) is 42.8 Å². The Balaban J connectivity index is 1.25. The molecule has 0 heterocycles. The molecule has 0 radical (unpaired) electrons. The summed E-state index contributed by atoms with van der Waals surface area (Å²) >= 11 is 0. The molecule has 2 aliphatic rings. The Morgan fingerprint density at radius 3 is 2.23 bits per heavy atom. The van der Waals surface area contributed by atoms with Gasteiger partial charge in [0.25, 0.3) is 0 Å². The molecule has 7 nitrogen and oxygen atoms in total. The molecule has 2 aliphatic carbocycles. The zero-order valence-electron chi connectivity index (χ0n) is 17.2. The third-order valence-electron chi connectivity index (χ3n) is 6.27. The normalized spacial score (nSPS) is 19.4. The van der Waals surface area contributed by atoms with Crippen LogP contribution < -0.4 is 10.6 Å². The molecule has 0 aliphatic heterocycles. The highest BCUT2D eigenvalue weighted by Gasteiger charge is 2.33. The standard InChI is InChI=1S/C24H26N2O5/c27-22(25-12-15-6-5-11-16(15)23(28)29)13-26-24(30)31-14-21-19-9-3-1-7-17(19)18-8-2-4-10-20(18)21/h1-4,7-10,15-16,21H,5-6,11-14H2,(H,25,27)(H,26,30)(H,28,29)/t15-,16-/m0/s1. The van der Waals surface area contributed by atoms with Crippen LogP contribution in [0.1, 0.15) is 36.3 Å².